The van der Waals surface area contributed by atoms with Gasteiger partial charge < -0.3 is 20.3 Å². The molecule has 1 amide bonds. The summed E-state index contributed by atoms with van der Waals surface area (Å²) in [4.78, 5) is 13.0. The van der Waals surface area contributed by atoms with Gasteiger partial charge in [0, 0.05) is 24.9 Å². The smallest absolute Gasteiger partial charge is 0.392 e. The van der Waals surface area contributed by atoms with Crippen LogP contribution in [0.5, 0.6) is 5.75 Å². The molecule has 41 heavy (non-hydrogen) atoms. The number of ether oxygens (including phenoxy) is 1. The number of sulfone groups is 1. The Balaban J connectivity index is 1.91. The van der Waals surface area contributed by atoms with Gasteiger partial charge in [0.2, 0.25) is 0 Å². The van der Waals surface area contributed by atoms with Crippen molar-refractivity contribution in [2.24, 2.45) is 0 Å². The predicted octanol–water partition coefficient (Wildman–Crippen LogP) is 4.43. The lowest BCUT2D eigenvalue weighted by molar-refractivity contribution is -0.174. The van der Waals surface area contributed by atoms with Crippen LogP contribution in [0.4, 0.5) is 22.0 Å². The van der Waals surface area contributed by atoms with Gasteiger partial charge in [-0.3, -0.25) is 9.48 Å². The van der Waals surface area contributed by atoms with Crippen molar-refractivity contribution in [3.05, 3.63) is 34.5 Å². The Morgan fingerprint density at radius 2 is 1.90 bits per heavy atom. The number of alkyl halides is 5. The molecule has 1 aromatic heterocycles. The van der Waals surface area contributed by atoms with Crippen molar-refractivity contribution in [1.82, 2.24) is 15.1 Å². The highest BCUT2D eigenvalue weighted by Crippen LogP contribution is 2.42. The van der Waals surface area contributed by atoms with Gasteiger partial charge in [-0.15, -0.1) is 0 Å². The summed E-state index contributed by atoms with van der Waals surface area (Å²) in [7, 11) is -3.27. The standard InChI is InChI=1S/C25H31ClF5N3O6S/c1-4-34-20(16-6-5-14(11-17(16)40-22(27)28)23(2,36)12-25(29,30)31)18(26)19(33-34)21(35)32-13-24(37)9-7-15(8-10-24)41(3,38)39/h5-6,11,15,22,36-37H,4,7-10,12-13H2,1-3H3,(H,32,35)/t15?,23-,24?/m1/s1. The molecule has 1 saturated carbocycles. The van der Waals surface area contributed by atoms with Crippen LogP contribution in [-0.2, 0) is 22.0 Å². The molecule has 1 atom stereocenters. The van der Waals surface area contributed by atoms with Crippen molar-refractivity contribution in [2.75, 3.05) is 12.8 Å². The van der Waals surface area contributed by atoms with E-state index in [1.54, 1.807) is 6.92 Å². The highest BCUT2D eigenvalue weighted by Gasteiger charge is 2.40. The highest BCUT2D eigenvalue weighted by molar-refractivity contribution is 7.91. The van der Waals surface area contributed by atoms with E-state index in [-0.39, 0.29) is 66.3 Å². The molecule has 0 saturated heterocycles. The number of benzene rings is 1. The number of aryl methyl sites for hydroxylation is 1. The lowest BCUT2D eigenvalue weighted by Crippen LogP contribution is -2.47. The van der Waals surface area contributed by atoms with Crippen LogP contribution in [0.25, 0.3) is 11.3 Å². The molecule has 0 radical (unpaired) electrons. The average molecular weight is 632 g/mol. The molecule has 16 heteroatoms. The molecule has 0 spiro atoms. The number of hydrogen-bond donors (Lipinski definition) is 3. The van der Waals surface area contributed by atoms with Crippen LogP contribution in [0.1, 0.15) is 62.0 Å². The third kappa shape index (κ3) is 8.08. The molecule has 2 aromatic rings. The van der Waals surface area contributed by atoms with Crippen LogP contribution in [0.3, 0.4) is 0 Å². The number of hydrogen-bond acceptors (Lipinski definition) is 7. The minimum absolute atomic E-state index is 0.0376. The zero-order valence-electron chi connectivity index (χ0n) is 22.4. The Bertz CT molecular complexity index is 1370. The summed E-state index contributed by atoms with van der Waals surface area (Å²) in [6, 6.07) is 3.08. The van der Waals surface area contributed by atoms with E-state index in [9.17, 15) is 45.4 Å². The number of nitrogens with zero attached hydrogens (tertiary/aromatic N) is 2. The molecule has 1 heterocycles. The van der Waals surface area contributed by atoms with Crippen molar-refractivity contribution < 1.29 is 50.1 Å². The maximum Gasteiger partial charge on any atom is 0.392 e. The first-order valence-corrected chi connectivity index (χ1v) is 14.9. The highest BCUT2D eigenvalue weighted by atomic mass is 35.5. The minimum atomic E-state index is -4.75. The summed E-state index contributed by atoms with van der Waals surface area (Å²) >= 11 is 6.47. The van der Waals surface area contributed by atoms with Gasteiger partial charge in [-0.25, -0.2) is 8.42 Å². The van der Waals surface area contributed by atoms with E-state index in [0.29, 0.717) is 0 Å². The van der Waals surface area contributed by atoms with Crippen molar-refractivity contribution in [3.63, 3.8) is 0 Å². The van der Waals surface area contributed by atoms with Crippen LogP contribution < -0.4 is 10.1 Å². The van der Waals surface area contributed by atoms with Crippen LogP contribution in [0, 0.1) is 0 Å². The second-order valence-corrected chi connectivity index (χ2v) is 13.1. The topological polar surface area (TPSA) is 131 Å². The van der Waals surface area contributed by atoms with Gasteiger partial charge in [0.15, 0.2) is 5.69 Å². The fourth-order valence-corrected chi connectivity index (χ4v) is 6.29. The maximum atomic E-state index is 13.3. The fourth-order valence-electron chi connectivity index (χ4n) is 4.87. The van der Waals surface area contributed by atoms with Crippen LogP contribution in [0.2, 0.25) is 5.02 Å². The molecule has 0 unspecified atom stereocenters. The largest absolute Gasteiger partial charge is 0.434 e. The summed E-state index contributed by atoms with van der Waals surface area (Å²) in [6.07, 6.45) is -4.56. The second-order valence-electron chi connectivity index (χ2n) is 10.4. The zero-order valence-corrected chi connectivity index (χ0v) is 24.0. The monoisotopic (exact) mass is 631 g/mol. The fraction of sp³-hybridized carbons (Fsp3) is 0.600. The molecule has 0 bridgehead atoms. The second kappa shape index (κ2) is 12.0. The first-order chi connectivity index (χ1) is 18.8. The number of aromatic nitrogens is 2. The molecular formula is C25H31ClF5N3O6S. The normalized spacial score (nSPS) is 21.5. The summed E-state index contributed by atoms with van der Waals surface area (Å²) < 4.78 is 94.9. The van der Waals surface area contributed by atoms with E-state index < -0.39 is 57.2 Å². The number of carbonyl (C=O) groups excluding carboxylic acids is 1. The molecule has 3 N–H and O–H groups in total. The minimum Gasteiger partial charge on any atom is -0.434 e. The average Bonchev–Trinajstić information content (AvgIpc) is 3.16. The van der Waals surface area contributed by atoms with Gasteiger partial charge in [-0.2, -0.15) is 27.1 Å². The van der Waals surface area contributed by atoms with Gasteiger partial charge in [0.1, 0.15) is 15.6 Å². The van der Waals surface area contributed by atoms with Crippen LogP contribution >= 0.6 is 11.6 Å². The van der Waals surface area contributed by atoms with E-state index in [1.165, 1.54) is 4.68 Å². The molecule has 3 rings (SSSR count). The Kier molecular flexibility index (Phi) is 9.68. The van der Waals surface area contributed by atoms with Crippen molar-refractivity contribution in [3.8, 4) is 17.0 Å². The van der Waals surface area contributed by atoms with Gasteiger partial charge in [-0.1, -0.05) is 17.7 Å². The lowest BCUT2D eigenvalue weighted by Gasteiger charge is -2.35. The zero-order chi connectivity index (χ0) is 31.0. The van der Waals surface area contributed by atoms with Gasteiger partial charge >= 0.3 is 12.8 Å². The van der Waals surface area contributed by atoms with Crippen LogP contribution in [-0.4, -0.2) is 70.8 Å². The van der Waals surface area contributed by atoms with Crippen LogP contribution in [0.15, 0.2) is 18.2 Å². The summed E-state index contributed by atoms with van der Waals surface area (Å²) in [5, 5.41) is 27.1. The van der Waals surface area contributed by atoms with E-state index in [0.717, 1.165) is 31.4 Å². The molecule has 1 aliphatic rings. The number of rotatable bonds is 10. The van der Waals surface area contributed by atoms with Gasteiger partial charge in [0.05, 0.1) is 33.6 Å². The first kappa shape index (κ1) is 33.0. The van der Waals surface area contributed by atoms with E-state index >= 15 is 0 Å². The van der Waals surface area contributed by atoms with Gasteiger partial charge in [0.25, 0.3) is 5.91 Å². The number of carbonyl (C=O) groups is 1. The SMILES string of the molecule is CCn1nc(C(=O)NCC2(O)CCC(S(C)(=O)=O)CC2)c(Cl)c1-c1ccc([C@](C)(O)CC(F)(F)F)cc1OC(F)F. The molecule has 230 valence electrons. The molecule has 0 aliphatic heterocycles. The third-order valence-electron chi connectivity index (χ3n) is 7.08. The van der Waals surface area contributed by atoms with E-state index in [2.05, 4.69) is 15.2 Å². The summed E-state index contributed by atoms with van der Waals surface area (Å²) in [6.45, 7) is -1.01. The molecule has 1 aromatic carbocycles. The Morgan fingerprint density at radius 1 is 1.29 bits per heavy atom. The van der Waals surface area contributed by atoms with E-state index in [1.807, 2.05) is 0 Å². The van der Waals surface area contributed by atoms with Crippen molar-refractivity contribution in [1.29, 1.82) is 0 Å². The quantitative estimate of drug-likeness (QED) is 0.331. The van der Waals surface area contributed by atoms with Crippen molar-refractivity contribution in [2.45, 2.75) is 81.7 Å². The molecule has 1 fully saturated rings. The number of amides is 1. The summed E-state index contributed by atoms with van der Waals surface area (Å²) in [5.41, 5.74) is -4.63. The Labute approximate surface area is 238 Å². The Hall–Kier alpha value is -2.49. The molecule has 9 nitrogen and oxygen atoms in total. The lowest BCUT2D eigenvalue weighted by atomic mass is 9.84. The number of nitrogens with one attached hydrogen (secondary N) is 1. The Morgan fingerprint density at radius 3 is 2.41 bits per heavy atom. The number of aliphatic hydroxyl groups is 2. The molecule has 1 aliphatic carbocycles. The van der Waals surface area contributed by atoms with E-state index in [4.69, 9.17) is 11.6 Å². The number of halogens is 6. The molecular weight excluding hydrogens is 601 g/mol. The van der Waals surface area contributed by atoms with Gasteiger partial charge in [-0.05, 0) is 57.2 Å². The summed E-state index contributed by atoms with van der Waals surface area (Å²) in [5.74, 6) is -1.40. The maximum absolute atomic E-state index is 13.3. The first-order valence-electron chi connectivity index (χ1n) is 12.6. The van der Waals surface area contributed by atoms with Crippen molar-refractivity contribution >= 4 is 27.3 Å². The third-order valence-corrected chi connectivity index (χ3v) is 9.12. The predicted molar refractivity (Wildman–Crippen MR) is 140 cm³/mol.